The first-order valence-corrected chi connectivity index (χ1v) is 6.36. The Morgan fingerprint density at radius 3 is 2.63 bits per heavy atom. The zero-order chi connectivity index (χ0) is 14.2. The van der Waals surface area contributed by atoms with E-state index in [1.165, 1.54) is 4.90 Å². The van der Waals surface area contributed by atoms with Crippen molar-refractivity contribution in [3.05, 3.63) is 0 Å². The van der Waals surface area contributed by atoms with Gasteiger partial charge in [0.15, 0.2) is 0 Å². The second-order valence-electron chi connectivity index (χ2n) is 4.89. The Morgan fingerprint density at radius 2 is 2.05 bits per heavy atom. The molecule has 0 spiro atoms. The van der Waals surface area contributed by atoms with E-state index in [1.54, 1.807) is 11.8 Å². The van der Waals surface area contributed by atoms with Gasteiger partial charge >= 0.3 is 0 Å². The molecule has 0 bridgehead atoms. The highest BCUT2D eigenvalue weighted by molar-refractivity contribution is 6.04. The third-order valence-electron chi connectivity index (χ3n) is 3.65. The van der Waals surface area contributed by atoms with Gasteiger partial charge in [-0.15, -0.1) is 0 Å². The van der Waals surface area contributed by atoms with E-state index in [2.05, 4.69) is 5.32 Å². The molecule has 2 heterocycles. The van der Waals surface area contributed by atoms with E-state index < -0.39 is 23.8 Å². The predicted molar refractivity (Wildman–Crippen MR) is 64.7 cm³/mol. The Kier molecular flexibility index (Phi) is 3.55. The van der Waals surface area contributed by atoms with Crippen LogP contribution in [-0.4, -0.2) is 59.1 Å². The molecule has 2 unspecified atom stereocenters. The number of carbonyl (C=O) groups is 4. The van der Waals surface area contributed by atoms with E-state index in [0.29, 0.717) is 13.1 Å². The summed E-state index contributed by atoms with van der Waals surface area (Å²) in [6.07, 6.45) is 0.158. The first-order valence-electron chi connectivity index (χ1n) is 6.36. The predicted octanol–water partition coefficient (Wildman–Crippen LogP) is -1.27. The fourth-order valence-electron chi connectivity index (χ4n) is 2.46. The molecule has 0 saturated carbocycles. The zero-order valence-corrected chi connectivity index (χ0v) is 11.0. The number of piperazine rings is 1. The highest BCUT2D eigenvalue weighted by atomic mass is 16.2. The lowest BCUT2D eigenvalue weighted by molar-refractivity contribution is -0.151. The largest absolute Gasteiger partial charge is 0.342 e. The lowest BCUT2D eigenvalue weighted by Gasteiger charge is -2.33. The number of nitrogens with one attached hydrogen (secondary N) is 1. The van der Waals surface area contributed by atoms with Gasteiger partial charge in [-0.1, -0.05) is 0 Å². The molecule has 2 fully saturated rings. The Hall–Kier alpha value is -1.92. The minimum Gasteiger partial charge on any atom is -0.342 e. The van der Waals surface area contributed by atoms with Crippen molar-refractivity contribution in [2.75, 3.05) is 19.6 Å². The van der Waals surface area contributed by atoms with Crippen LogP contribution in [0.4, 0.5) is 0 Å². The number of imide groups is 1. The summed E-state index contributed by atoms with van der Waals surface area (Å²) >= 11 is 0. The summed E-state index contributed by atoms with van der Waals surface area (Å²) in [5, 5.41) is 2.18. The van der Waals surface area contributed by atoms with Crippen LogP contribution in [0.1, 0.15) is 20.3 Å². The van der Waals surface area contributed by atoms with Crippen molar-refractivity contribution in [1.29, 1.82) is 0 Å². The minimum atomic E-state index is -0.670. The molecule has 2 saturated heterocycles. The van der Waals surface area contributed by atoms with Gasteiger partial charge in [0.05, 0.1) is 5.92 Å². The summed E-state index contributed by atoms with van der Waals surface area (Å²) in [7, 11) is 0. The number of hydrogen-bond donors (Lipinski definition) is 1. The van der Waals surface area contributed by atoms with Crippen molar-refractivity contribution in [2.24, 2.45) is 5.92 Å². The van der Waals surface area contributed by atoms with Gasteiger partial charge in [0.2, 0.25) is 23.6 Å². The average Bonchev–Trinajstić information content (AvgIpc) is 2.74. The van der Waals surface area contributed by atoms with Crippen LogP contribution in [-0.2, 0) is 19.2 Å². The van der Waals surface area contributed by atoms with Gasteiger partial charge in [-0.2, -0.15) is 0 Å². The van der Waals surface area contributed by atoms with Crippen LogP contribution in [0.5, 0.6) is 0 Å². The summed E-state index contributed by atoms with van der Waals surface area (Å²) in [6, 6.07) is -0.670. The molecule has 0 radical (unpaired) electrons. The van der Waals surface area contributed by atoms with E-state index in [9.17, 15) is 19.2 Å². The quantitative estimate of drug-likeness (QED) is 0.632. The first-order chi connectivity index (χ1) is 8.93. The van der Waals surface area contributed by atoms with Crippen LogP contribution in [0, 0.1) is 5.92 Å². The summed E-state index contributed by atoms with van der Waals surface area (Å²) in [4.78, 5) is 49.7. The van der Waals surface area contributed by atoms with Gasteiger partial charge in [0.25, 0.3) is 0 Å². The summed E-state index contributed by atoms with van der Waals surface area (Å²) < 4.78 is 0. The number of carbonyl (C=O) groups excluding carboxylic acids is 4. The number of hydrogen-bond acceptors (Lipinski definition) is 4. The fraction of sp³-hybridized carbons (Fsp3) is 0.667. The molecule has 0 aromatic rings. The third-order valence-corrected chi connectivity index (χ3v) is 3.65. The van der Waals surface area contributed by atoms with Crippen LogP contribution in [0.15, 0.2) is 0 Å². The van der Waals surface area contributed by atoms with Crippen molar-refractivity contribution in [2.45, 2.75) is 26.3 Å². The Labute approximate surface area is 110 Å². The third kappa shape index (κ3) is 2.45. The number of nitrogens with zero attached hydrogens (tertiary/aromatic N) is 2. The standard InChI is InChI=1S/C12H17N3O4/c1-3-14-5-8(4-10(14)17)12(19)15-6-9(16)13-11(18)7(15)2/h7-8H,3-6H2,1-2H3,(H,13,16,18). The van der Waals surface area contributed by atoms with Crippen LogP contribution in [0.2, 0.25) is 0 Å². The van der Waals surface area contributed by atoms with Gasteiger partial charge in [0, 0.05) is 19.5 Å². The van der Waals surface area contributed by atoms with Crippen LogP contribution >= 0.6 is 0 Å². The van der Waals surface area contributed by atoms with Gasteiger partial charge in [-0.3, -0.25) is 24.5 Å². The molecule has 2 aliphatic heterocycles. The lowest BCUT2D eigenvalue weighted by atomic mass is 10.0. The van der Waals surface area contributed by atoms with Gasteiger partial charge in [0.1, 0.15) is 12.6 Å². The molecule has 104 valence electrons. The molecule has 2 atom stereocenters. The average molecular weight is 267 g/mol. The molecule has 4 amide bonds. The maximum absolute atomic E-state index is 12.3. The topological polar surface area (TPSA) is 86.8 Å². The SMILES string of the molecule is CCN1CC(C(=O)N2CC(=O)NC(=O)C2C)CC1=O. The summed E-state index contributed by atoms with van der Waals surface area (Å²) in [6.45, 7) is 4.24. The van der Waals surface area contributed by atoms with Gasteiger partial charge < -0.3 is 9.80 Å². The summed E-state index contributed by atoms with van der Waals surface area (Å²) in [5.41, 5.74) is 0. The lowest BCUT2D eigenvalue weighted by Crippen LogP contribution is -2.59. The second-order valence-corrected chi connectivity index (χ2v) is 4.89. The molecule has 1 N–H and O–H groups in total. The van der Waals surface area contributed by atoms with Crippen molar-refractivity contribution < 1.29 is 19.2 Å². The zero-order valence-electron chi connectivity index (χ0n) is 11.0. The highest BCUT2D eigenvalue weighted by Gasteiger charge is 2.40. The highest BCUT2D eigenvalue weighted by Crippen LogP contribution is 2.21. The number of amides is 4. The summed E-state index contributed by atoms with van der Waals surface area (Å²) in [5.74, 6) is -1.75. The maximum Gasteiger partial charge on any atom is 0.249 e. The van der Waals surface area contributed by atoms with Crippen molar-refractivity contribution >= 4 is 23.6 Å². The van der Waals surface area contributed by atoms with Crippen LogP contribution < -0.4 is 5.32 Å². The molecule has 0 aromatic heterocycles. The monoisotopic (exact) mass is 267 g/mol. The minimum absolute atomic E-state index is 0.0544. The van der Waals surface area contributed by atoms with Crippen LogP contribution in [0.25, 0.3) is 0 Å². The molecule has 0 aliphatic carbocycles. The molecule has 0 aromatic carbocycles. The number of likely N-dealkylation sites (tertiary alicyclic amines) is 1. The van der Waals surface area contributed by atoms with Crippen molar-refractivity contribution in [1.82, 2.24) is 15.1 Å². The fourth-order valence-corrected chi connectivity index (χ4v) is 2.46. The Bertz CT molecular complexity index is 448. The molecule has 7 heteroatoms. The van der Waals surface area contributed by atoms with E-state index >= 15 is 0 Å². The van der Waals surface area contributed by atoms with E-state index in [4.69, 9.17) is 0 Å². The van der Waals surface area contributed by atoms with E-state index in [0.717, 1.165) is 0 Å². The van der Waals surface area contributed by atoms with Gasteiger partial charge in [-0.25, -0.2) is 0 Å². The normalized spacial score (nSPS) is 27.8. The second kappa shape index (κ2) is 4.99. The molecular formula is C12H17N3O4. The van der Waals surface area contributed by atoms with E-state index in [-0.39, 0.29) is 24.8 Å². The molecular weight excluding hydrogens is 250 g/mol. The first kappa shape index (κ1) is 13.5. The number of rotatable bonds is 2. The Balaban J connectivity index is 2.09. The smallest absolute Gasteiger partial charge is 0.249 e. The van der Waals surface area contributed by atoms with Gasteiger partial charge in [-0.05, 0) is 13.8 Å². The van der Waals surface area contributed by atoms with Crippen LogP contribution in [0.3, 0.4) is 0 Å². The Morgan fingerprint density at radius 1 is 1.37 bits per heavy atom. The molecule has 2 rings (SSSR count). The van der Waals surface area contributed by atoms with E-state index in [1.807, 2.05) is 6.92 Å². The maximum atomic E-state index is 12.3. The molecule has 2 aliphatic rings. The van der Waals surface area contributed by atoms with Crippen molar-refractivity contribution in [3.8, 4) is 0 Å². The van der Waals surface area contributed by atoms with Crippen molar-refractivity contribution in [3.63, 3.8) is 0 Å². The molecule has 7 nitrogen and oxygen atoms in total. The molecule has 19 heavy (non-hydrogen) atoms.